The highest BCUT2D eigenvalue weighted by Crippen LogP contribution is 2.26. The molecule has 1 unspecified atom stereocenters. The second kappa shape index (κ2) is 9.07. The van der Waals surface area contributed by atoms with Crippen molar-refractivity contribution in [3.05, 3.63) is 58.6 Å². The molecule has 150 valence electrons. The van der Waals surface area contributed by atoms with E-state index in [2.05, 4.69) is 10.4 Å². The van der Waals surface area contributed by atoms with Gasteiger partial charge in [-0.05, 0) is 37.3 Å². The molecule has 0 aliphatic carbocycles. The number of carbonyl (C=O) groups excluding carboxylic acids is 3. The number of rotatable bonds is 5. The van der Waals surface area contributed by atoms with E-state index in [-0.39, 0.29) is 24.5 Å². The normalized spacial score (nSPS) is 14.8. The number of hydrogen-bond acceptors (Lipinski definition) is 5. The lowest BCUT2D eigenvalue weighted by Crippen LogP contribution is -2.37. The van der Waals surface area contributed by atoms with Crippen LogP contribution in [0, 0.1) is 0 Å². The number of carbonyl (C=O) groups is 3. The monoisotopic (exact) mass is 433 g/mol. The summed E-state index contributed by atoms with van der Waals surface area (Å²) in [6.07, 6.45) is -0.861. The number of halogens is 2. The lowest BCUT2D eigenvalue weighted by Gasteiger charge is -2.23. The van der Waals surface area contributed by atoms with Crippen LogP contribution in [0.2, 0.25) is 10.0 Å². The Morgan fingerprint density at radius 3 is 2.59 bits per heavy atom. The van der Waals surface area contributed by atoms with E-state index in [1.54, 1.807) is 36.4 Å². The van der Waals surface area contributed by atoms with Crippen molar-refractivity contribution in [1.29, 1.82) is 0 Å². The minimum absolute atomic E-state index is 0.0638. The minimum Gasteiger partial charge on any atom is -0.448 e. The van der Waals surface area contributed by atoms with Crippen LogP contribution in [0.4, 0.5) is 11.4 Å². The Kier molecular flexibility index (Phi) is 6.51. The molecule has 0 bridgehead atoms. The van der Waals surface area contributed by atoms with Gasteiger partial charge in [0.1, 0.15) is 5.71 Å². The molecule has 1 aliphatic rings. The second-order valence-corrected chi connectivity index (χ2v) is 7.09. The van der Waals surface area contributed by atoms with Crippen molar-refractivity contribution in [3.63, 3.8) is 0 Å². The number of amides is 2. The van der Waals surface area contributed by atoms with Crippen LogP contribution < -0.4 is 10.3 Å². The maximum absolute atomic E-state index is 12.5. The lowest BCUT2D eigenvalue weighted by atomic mass is 10.1. The largest absolute Gasteiger partial charge is 0.448 e. The fourth-order valence-electron chi connectivity index (χ4n) is 2.58. The van der Waals surface area contributed by atoms with Crippen molar-refractivity contribution in [2.75, 3.05) is 10.3 Å². The van der Waals surface area contributed by atoms with E-state index < -0.39 is 18.0 Å². The lowest BCUT2D eigenvalue weighted by molar-refractivity contribution is -0.146. The first-order valence-corrected chi connectivity index (χ1v) is 9.53. The van der Waals surface area contributed by atoms with Crippen LogP contribution in [0.5, 0.6) is 0 Å². The molecule has 2 aromatic carbocycles. The fraction of sp³-hybridized carbons (Fsp3) is 0.200. The molecule has 7 nitrogen and oxygen atoms in total. The molecule has 1 aliphatic heterocycles. The predicted molar refractivity (Wildman–Crippen MR) is 111 cm³/mol. The third kappa shape index (κ3) is 5.13. The van der Waals surface area contributed by atoms with Crippen molar-refractivity contribution in [1.82, 2.24) is 0 Å². The molecule has 0 fully saturated rings. The Morgan fingerprint density at radius 2 is 1.86 bits per heavy atom. The van der Waals surface area contributed by atoms with Gasteiger partial charge in [0.25, 0.3) is 5.91 Å². The van der Waals surface area contributed by atoms with Crippen LogP contribution in [-0.2, 0) is 19.1 Å². The zero-order chi connectivity index (χ0) is 21.0. The number of nitrogens with zero attached hydrogens (tertiary/aromatic N) is 2. The number of hydrazone groups is 1. The maximum atomic E-state index is 12.5. The average molecular weight is 434 g/mol. The van der Waals surface area contributed by atoms with E-state index in [1.165, 1.54) is 13.0 Å². The number of ether oxygens (including phenoxy) is 1. The molecule has 3 rings (SSSR count). The Morgan fingerprint density at radius 1 is 1.14 bits per heavy atom. The molecular weight excluding hydrogens is 417 g/mol. The van der Waals surface area contributed by atoms with Crippen LogP contribution in [0.3, 0.4) is 0 Å². The van der Waals surface area contributed by atoms with Gasteiger partial charge in [-0.25, -0.2) is 9.80 Å². The summed E-state index contributed by atoms with van der Waals surface area (Å²) >= 11 is 11.9. The average Bonchev–Trinajstić information content (AvgIpc) is 2.71. The van der Waals surface area contributed by atoms with Gasteiger partial charge in [0, 0.05) is 17.9 Å². The standard InChI is InChI=1S/C20H17Cl2N3O4/c1-12(19(27)23-17-11-13(21)7-8-15(17)22)29-20(28)16-9-10-18(26)25(24-16)14-5-3-2-4-6-14/h2-8,11-12H,9-10H2,1H3,(H,23,27). The van der Waals surface area contributed by atoms with Crippen LogP contribution in [0.25, 0.3) is 0 Å². The molecule has 2 amide bonds. The Hall–Kier alpha value is -2.90. The van der Waals surface area contributed by atoms with Gasteiger partial charge < -0.3 is 10.1 Å². The smallest absolute Gasteiger partial charge is 0.355 e. The van der Waals surface area contributed by atoms with Crippen molar-refractivity contribution < 1.29 is 19.1 Å². The van der Waals surface area contributed by atoms with Crippen molar-refractivity contribution in [2.24, 2.45) is 5.10 Å². The first kappa shape index (κ1) is 20.8. The van der Waals surface area contributed by atoms with Crippen molar-refractivity contribution in [2.45, 2.75) is 25.9 Å². The van der Waals surface area contributed by atoms with E-state index in [9.17, 15) is 14.4 Å². The zero-order valence-corrected chi connectivity index (χ0v) is 16.9. The SMILES string of the molecule is CC(OC(=O)C1=NN(c2ccccc2)C(=O)CC1)C(=O)Nc1cc(Cl)ccc1Cl. The summed E-state index contributed by atoms with van der Waals surface area (Å²) in [5.74, 6) is -1.57. The highest BCUT2D eigenvalue weighted by atomic mass is 35.5. The first-order valence-electron chi connectivity index (χ1n) is 8.77. The molecule has 0 saturated heterocycles. The minimum atomic E-state index is -1.11. The number of esters is 1. The van der Waals surface area contributed by atoms with E-state index in [0.29, 0.717) is 21.4 Å². The van der Waals surface area contributed by atoms with Crippen LogP contribution in [0.1, 0.15) is 19.8 Å². The summed E-state index contributed by atoms with van der Waals surface area (Å²) < 4.78 is 5.22. The maximum Gasteiger partial charge on any atom is 0.355 e. The van der Waals surface area contributed by atoms with Crippen LogP contribution in [-0.4, -0.2) is 29.6 Å². The number of benzene rings is 2. The summed E-state index contributed by atoms with van der Waals surface area (Å²) in [6.45, 7) is 1.43. The molecule has 1 heterocycles. The fourth-order valence-corrected chi connectivity index (χ4v) is 2.92. The Labute approximate surface area is 177 Å². The number of anilines is 2. The molecule has 1 N–H and O–H groups in total. The van der Waals surface area contributed by atoms with Crippen LogP contribution in [0.15, 0.2) is 53.6 Å². The molecule has 0 saturated carbocycles. The van der Waals surface area contributed by atoms with Crippen molar-refractivity contribution in [3.8, 4) is 0 Å². The third-order valence-corrected chi connectivity index (χ3v) is 4.67. The summed E-state index contributed by atoms with van der Waals surface area (Å²) in [4.78, 5) is 36.9. The number of para-hydroxylation sites is 1. The molecule has 0 aromatic heterocycles. The van der Waals surface area contributed by atoms with E-state index >= 15 is 0 Å². The molecule has 0 spiro atoms. The number of nitrogens with one attached hydrogen (secondary N) is 1. The summed E-state index contributed by atoms with van der Waals surface area (Å²) in [6, 6.07) is 13.4. The van der Waals surface area contributed by atoms with Crippen LogP contribution >= 0.6 is 23.2 Å². The zero-order valence-electron chi connectivity index (χ0n) is 15.4. The highest BCUT2D eigenvalue weighted by molar-refractivity contribution is 6.38. The molecule has 29 heavy (non-hydrogen) atoms. The molecule has 2 aromatic rings. The summed E-state index contributed by atoms with van der Waals surface area (Å²) in [7, 11) is 0. The molecular formula is C20H17Cl2N3O4. The summed E-state index contributed by atoms with van der Waals surface area (Å²) in [5.41, 5.74) is 0.917. The quantitative estimate of drug-likeness (QED) is 0.720. The van der Waals surface area contributed by atoms with Gasteiger partial charge in [0.05, 0.1) is 16.4 Å². The van der Waals surface area contributed by atoms with Crippen molar-refractivity contribution >= 4 is 58.1 Å². The van der Waals surface area contributed by atoms with E-state index in [4.69, 9.17) is 27.9 Å². The molecule has 9 heteroatoms. The third-order valence-electron chi connectivity index (χ3n) is 4.11. The van der Waals surface area contributed by atoms with Gasteiger partial charge in [-0.15, -0.1) is 0 Å². The van der Waals surface area contributed by atoms with Gasteiger partial charge in [0.2, 0.25) is 5.91 Å². The first-order chi connectivity index (χ1) is 13.8. The van der Waals surface area contributed by atoms with E-state index in [1.807, 2.05) is 6.07 Å². The Balaban J connectivity index is 1.68. The highest BCUT2D eigenvalue weighted by Gasteiger charge is 2.28. The Bertz CT molecular complexity index is 979. The van der Waals surface area contributed by atoms with Gasteiger partial charge in [-0.2, -0.15) is 5.10 Å². The van der Waals surface area contributed by atoms with Gasteiger partial charge in [-0.1, -0.05) is 41.4 Å². The predicted octanol–water partition coefficient (Wildman–Crippen LogP) is 4.05. The summed E-state index contributed by atoms with van der Waals surface area (Å²) in [5, 5.41) is 8.54. The molecule has 1 atom stereocenters. The van der Waals surface area contributed by atoms with Gasteiger partial charge in [0.15, 0.2) is 6.10 Å². The number of hydrogen-bond donors (Lipinski definition) is 1. The topological polar surface area (TPSA) is 88.1 Å². The van der Waals surface area contributed by atoms with Gasteiger partial charge >= 0.3 is 5.97 Å². The van der Waals surface area contributed by atoms with E-state index in [0.717, 1.165) is 5.01 Å². The molecule has 0 radical (unpaired) electrons. The van der Waals surface area contributed by atoms with Gasteiger partial charge in [-0.3, -0.25) is 9.59 Å². The second-order valence-electron chi connectivity index (χ2n) is 6.25.